The summed E-state index contributed by atoms with van der Waals surface area (Å²) >= 11 is 0. The Balaban J connectivity index is 2.35. The fourth-order valence-electron chi connectivity index (χ4n) is 2.48. The van der Waals surface area contributed by atoms with Crippen LogP contribution in [-0.2, 0) is 0 Å². The average molecular weight is 214 g/mol. The zero-order chi connectivity index (χ0) is 11.1. The highest BCUT2D eigenvalue weighted by Gasteiger charge is 2.24. The van der Waals surface area contributed by atoms with Crippen LogP contribution in [0.1, 0.15) is 19.8 Å². The van der Waals surface area contributed by atoms with E-state index in [4.69, 9.17) is 11.5 Å². The summed E-state index contributed by atoms with van der Waals surface area (Å²) < 4.78 is 0. The third-order valence-corrected chi connectivity index (χ3v) is 3.26. The van der Waals surface area contributed by atoms with Crippen molar-refractivity contribution in [1.82, 2.24) is 9.80 Å². The predicted octanol–water partition coefficient (Wildman–Crippen LogP) is -0.310. The topological polar surface area (TPSA) is 58.5 Å². The van der Waals surface area contributed by atoms with Gasteiger partial charge in [0.15, 0.2) is 0 Å². The molecule has 0 unspecified atom stereocenters. The van der Waals surface area contributed by atoms with E-state index in [1.54, 1.807) is 0 Å². The van der Waals surface area contributed by atoms with Gasteiger partial charge >= 0.3 is 0 Å². The molecule has 1 saturated heterocycles. The highest BCUT2D eigenvalue weighted by molar-refractivity contribution is 4.81. The van der Waals surface area contributed by atoms with Gasteiger partial charge in [-0.25, -0.2) is 0 Å². The maximum Gasteiger partial charge on any atom is 0.0223 e. The van der Waals surface area contributed by atoms with E-state index in [1.165, 1.54) is 25.9 Å². The van der Waals surface area contributed by atoms with Crippen LogP contribution in [0.3, 0.4) is 0 Å². The Morgan fingerprint density at radius 3 is 2.47 bits per heavy atom. The van der Waals surface area contributed by atoms with Crippen LogP contribution < -0.4 is 11.5 Å². The van der Waals surface area contributed by atoms with Crippen molar-refractivity contribution in [3.05, 3.63) is 0 Å². The largest absolute Gasteiger partial charge is 0.329 e. The quantitative estimate of drug-likeness (QED) is 0.610. The fourth-order valence-corrected chi connectivity index (χ4v) is 2.48. The van der Waals surface area contributed by atoms with Crippen LogP contribution in [0.25, 0.3) is 0 Å². The molecule has 0 aromatic heterocycles. The minimum atomic E-state index is 0.730. The van der Waals surface area contributed by atoms with Crippen molar-refractivity contribution in [3.63, 3.8) is 0 Å². The lowest BCUT2D eigenvalue weighted by atomic mass is 10.2. The third-order valence-electron chi connectivity index (χ3n) is 3.26. The van der Waals surface area contributed by atoms with Crippen molar-refractivity contribution in [2.45, 2.75) is 25.8 Å². The maximum absolute atomic E-state index is 5.61. The standard InChI is InChI=1S/C11H26N4/c1-2-15-7-3-4-11(15)10-14(8-5-12)9-6-13/h11H,2-10,12-13H2,1H3/t11-/m0/s1. The van der Waals surface area contributed by atoms with Crippen LogP contribution in [0.2, 0.25) is 0 Å². The van der Waals surface area contributed by atoms with Gasteiger partial charge in [0.05, 0.1) is 0 Å². The lowest BCUT2D eigenvalue weighted by Crippen LogP contribution is -2.43. The molecule has 4 N–H and O–H groups in total. The van der Waals surface area contributed by atoms with Gasteiger partial charge in [-0.15, -0.1) is 0 Å². The lowest BCUT2D eigenvalue weighted by molar-refractivity contribution is 0.182. The molecule has 4 nitrogen and oxygen atoms in total. The predicted molar refractivity (Wildman–Crippen MR) is 64.8 cm³/mol. The second kappa shape index (κ2) is 7.17. The first-order valence-corrected chi connectivity index (χ1v) is 6.18. The number of hydrogen-bond acceptors (Lipinski definition) is 4. The molecule has 1 heterocycles. The Labute approximate surface area is 93.6 Å². The van der Waals surface area contributed by atoms with Crippen LogP contribution in [0.15, 0.2) is 0 Å². The second-order valence-corrected chi connectivity index (χ2v) is 4.30. The van der Waals surface area contributed by atoms with E-state index in [1.807, 2.05) is 0 Å². The van der Waals surface area contributed by atoms with Gasteiger partial charge < -0.3 is 11.5 Å². The van der Waals surface area contributed by atoms with Gasteiger partial charge in [-0.3, -0.25) is 9.80 Å². The van der Waals surface area contributed by atoms with Gasteiger partial charge in [0.25, 0.3) is 0 Å². The first-order valence-electron chi connectivity index (χ1n) is 6.18. The molecule has 0 bridgehead atoms. The zero-order valence-electron chi connectivity index (χ0n) is 9.99. The first-order chi connectivity index (χ1) is 7.31. The fraction of sp³-hybridized carbons (Fsp3) is 1.00. The van der Waals surface area contributed by atoms with Gasteiger partial charge in [-0.1, -0.05) is 6.92 Å². The number of nitrogens with zero attached hydrogens (tertiary/aromatic N) is 2. The summed E-state index contributed by atoms with van der Waals surface area (Å²) in [5.41, 5.74) is 11.2. The zero-order valence-corrected chi connectivity index (χ0v) is 9.99. The Morgan fingerprint density at radius 2 is 1.93 bits per heavy atom. The van der Waals surface area contributed by atoms with Crippen molar-refractivity contribution in [2.24, 2.45) is 11.5 Å². The Bertz CT molecular complexity index is 157. The summed E-state index contributed by atoms with van der Waals surface area (Å²) in [7, 11) is 0. The second-order valence-electron chi connectivity index (χ2n) is 4.30. The Morgan fingerprint density at radius 1 is 1.27 bits per heavy atom. The lowest BCUT2D eigenvalue weighted by Gasteiger charge is -2.29. The molecule has 1 aliphatic rings. The van der Waals surface area contributed by atoms with Gasteiger partial charge in [0.2, 0.25) is 0 Å². The maximum atomic E-state index is 5.61. The summed E-state index contributed by atoms with van der Waals surface area (Å²) in [4.78, 5) is 4.97. The SMILES string of the molecule is CCN1CCC[C@H]1CN(CCN)CCN. The first kappa shape index (κ1) is 12.9. The molecule has 0 aromatic rings. The molecule has 0 aromatic carbocycles. The molecular weight excluding hydrogens is 188 g/mol. The van der Waals surface area contributed by atoms with Crippen molar-refractivity contribution in [2.75, 3.05) is 45.8 Å². The van der Waals surface area contributed by atoms with Gasteiger partial charge in [-0.05, 0) is 25.9 Å². The molecule has 0 radical (unpaired) electrons. The van der Waals surface area contributed by atoms with Crippen molar-refractivity contribution < 1.29 is 0 Å². The molecule has 4 heteroatoms. The number of likely N-dealkylation sites (N-methyl/N-ethyl adjacent to an activating group) is 1. The smallest absolute Gasteiger partial charge is 0.0223 e. The number of likely N-dealkylation sites (tertiary alicyclic amines) is 1. The van der Waals surface area contributed by atoms with E-state index < -0.39 is 0 Å². The highest BCUT2D eigenvalue weighted by atomic mass is 15.2. The van der Waals surface area contributed by atoms with E-state index >= 15 is 0 Å². The molecule has 0 aliphatic carbocycles. The summed E-state index contributed by atoms with van der Waals surface area (Å²) in [5, 5.41) is 0. The third kappa shape index (κ3) is 4.07. The number of hydrogen-bond donors (Lipinski definition) is 2. The van der Waals surface area contributed by atoms with Gasteiger partial charge in [-0.2, -0.15) is 0 Å². The van der Waals surface area contributed by atoms with Crippen LogP contribution >= 0.6 is 0 Å². The number of rotatable bonds is 7. The van der Waals surface area contributed by atoms with E-state index in [-0.39, 0.29) is 0 Å². The number of nitrogens with two attached hydrogens (primary N) is 2. The molecule has 1 aliphatic heterocycles. The highest BCUT2D eigenvalue weighted by Crippen LogP contribution is 2.17. The van der Waals surface area contributed by atoms with Crippen LogP contribution in [-0.4, -0.2) is 61.7 Å². The van der Waals surface area contributed by atoms with Gasteiger partial charge in [0.1, 0.15) is 0 Å². The van der Waals surface area contributed by atoms with E-state index in [9.17, 15) is 0 Å². The molecule has 1 fully saturated rings. The van der Waals surface area contributed by atoms with E-state index in [0.29, 0.717) is 0 Å². The summed E-state index contributed by atoms with van der Waals surface area (Å²) in [6.45, 7) is 9.25. The molecule has 15 heavy (non-hydrogen) atoms. The molecule has 90 valence electrons. The van der Waals surface area contributed by atoms with E-state index in [2.05, 4.69) is 16.7 Å². The molecule has 1 rings (SSSR count). The molecule has 1 atom stereocenters. The molecule has 0 spiro atoms. The van der Waals surface area contributed by atoms with Crippen molar-refractivity contribution in [1.29, 1.82) is 0 Å². The summed E-state index contributed by atoms with van der Waals surface area (Å²) in [5.74, 6) is 0. The molecule has 0 amide bonds. The van der Waals surface area contributed by atoms with Gasteiger partial charge in [0, 0.05) is 38.8 Å². The van der Waals surface area contributed by atoms with Crippen LogP contribution in [0, 0.1) is 0 Å². The average Bonchev–Trinajstić information content (AvgIpc) is 2.66. The molecular formula is C11H26N4. The minimum Gasteiger partial charge on any atom is -0.329 e. The minimum absolute atomic E-state index is 0.730. The van der Waals surface area contributed by atoms with E-state index in [0.717, 1.165) is 38.8 Å². The van der Waals surface area contributed by atoms with Crippen molar-refractivity contribution >= 4 is 0 Å². The Kier molecular flexibility index (Phi) is 6.17. The summed E-state index contributed by atoms with van der Waals surface area (Å²) in [6.07, 6.45) is 2.68. The molecule has 0 saturated carbocycles. The van der Waals surface area contributed by atoms with Crippen LogP contribution in [0.5, 0.6) is 0 Å². The van der Waals surface area contributed by atoms with Crippen LogP contribution in [0.4, 0.5) is 0 Å². The van der Waals surface area contributed by atoms with Crippen molar-refractivity contribution in [3.8, 4) is 0 Å². The monoisotopic (exact) mass is 214 g/mol. The Hall–Kier alpha value is -0.160. The summed E-state index contributed by atoms with van der Waals surface area (Å²) in [6, 6.07) is 0.730. The normalized spacial score (nSPS) is 22.8.